The zero-order chi connectivity index (χ0) is 17.6. The molecule has 124 valence electrons. The second-order valence-electron chi connectivity index (χ2n) is 6.00. The first-order valence-electron chi connectivity index (χ1n) is 8.00. The molecule has 25 heavy (non-hydrogen) atoms. The Bertz CT molecular complexity index is 1140. The fraction of sp³-hybridized carbons (Fsp3) is 0.100. The Morgan fingerprint density at radius 1 is 1.04 bits per heavy atom. The van der Waals surface area contributed by atoms with Gasteiger partial charge in [-0.2, -0.15) is 9.78 Å². The molecule has 0 fully saturated rings. The Labute approximate surface area is 144 Å². The van der Waals surface area contributed by atoms with Gasteiger partial charge in [-0.15, -0.1) is 0 Å². The maximum absolute atomic E-state index is 13.1. The average molecular weight is 331 g/mol. The Morgan fingerprint density at radius 3 is 2.52 bits per heavy atom. The largest absolute Gasteiger partial charge is 0.442 e. The van der Waals surface area contributed by atoms with Crippen LogP contribution in [0.3, 0.4) is 0 Å². The minimum Gasteiger partial charge on any atom is -0.442 e. The lowest BCUT2D eigenvalue weighted by molar-refractivity contribution is 0.542. The van der Waals surface area contributed by atoms with Crippen molar-refractivity contribution in [2.75, 3.05) is 5.73 Å². The predicted molar refractivity (Wildman–Crippen MR) is 98.9 cm³/mol. The molecule has 4 aromatic rings. The lowest BCUT2D eigenvalue weighted by Crippen LogP contribution is -2.08. The quantitative estimate of drug-likeness (QED) is 0.566. The summed E-state index contributed by atoms with van der Waals surface area (Å²) in [5.74, 6) is 0.564. The van der Waals surface area contributed by atoms with Gasteiger partial charge in [0.25, 0.3) is 0 Å². The Morgan fingerprint density at radius 2 is 1.80 bits per heavy atom. The smallest absolute Gasteiger partial charge is 0.233 e. The number of nitrogen functional groups attached to an aromatic ring is 1. The number of aryl methyl sites for hydroxylation is 2. The third kappa shape index (κ3) is 2.41. The molecule has 5 heteroatoms. The first kappa shape index (κ1) is 15.2. The molecular formula is C20H17N3O2. The molecule has 0 radical (unpaired) electrons. The molecular weight excluding hydrogens is 314 g/mol. The third-order valence-electron chi connectivity index (χ3n) is 4.25. The molecule has 2 heterocycles. The van der Waals surface area contributed by atoms with Gasteiger partial charge in [-0.25, -0.2) is 0 Å². The van der Waals surface area contributed by atoms with Crippen LogP contribution in [0.25, 0.3) is 27.9 Å². The number of benzene rings is 2. The van der Waals surface area contributed by atoms with Gasteiger partial charge in [0.15, 0.2) is 0 Å². The van der Waals surface area contributed by atoms with E-state index in [1.807, 2.05) is 49.4 Å². The van der Waals surface area contributed by atoms with Gasteiger partial charge in [0.2, 0.25) is 11.1 Å². The van der Waals surface area contributed by atoms with E-state index in [0.29, 0.717) is 33.8 Å². The highest BCUT2D eigenvalue weighted by Crippen LogP contribution is 2.27. The SMILES string of the molecule is Cc1oc2c(c(C)nn2-c2cccc(N)c2)c(=O)c1-c1ccccc1. The van der Waals surface area contributed by atoms with Crippen LogP contribution in [0.1, 0.15) is 11.5 Å². The standard InChI is InChI=1S/C20H17N3O2/c1-12-17-19(24)18(14-7-4-3-5-8-14)13(2)25-20(17)23(22-12)16-10-6-9-15(21)11-16/h3-11H,21H2,1-2H3. The van der Waals surface area contributed by atoms with Crippen LogP contribution in [0.2, 0.25) is 0 Å². The van der Waals surface area contributed by atoms with E-state index in [4.69, 9.17) is 10.2 Å². The average Bonchev–Trinajstić information content (AvgIpc) is 2.92. The first-order chi connectivity index (χ1) is 12.1. The Kier molecular flexibility index (Phi) is 3.42. The molecule has 2 N–H and O–H groups in total. The molecule has 0 aliphatic carbocycles. The molecule has 0 aliphatic heterocycles. The summed E-state index contributed by atoms with van der Waals surface area (Å²) in [6, 6.07) is 16.9. The number of rotatable bonds is 2. The van der Waals surface area contributed by atoms with Crippen LogP contribution < -0.4 is 11.2 Å². The van der Waals surface area contributed by atoms with Crippen molar-refractivity contribution < 1.29 is 4.42 Å². The van der Waals surface area contributed by atoms with E-state index < -0.39 is 0 Å². The van der Waals surface area contributed by atoms with Gasteiger partial charge in [0.05, 0.1) is 16.9 Å². The van der Waals surface area contributed by atoms with Crippen molar-refractivity contribution in [2.24, 2.45) is 0 Å². The first-order valence-corrected chi connectivity index (χ1v) is 8.00. The fourth-order valence-electron chi connectivity index (χ4n) is 3.11. The highest BCUT2D eigenvalue weighted by Gasteiger charge is 2.20. The summed E-state index contributed by atoms with van der Waals surface area (Å²) in [5, 5.41) is 5.00. The second-order valence-corrected chi connectivity index (χ2v) is 6.00. The highest BCUT2D eigenvalue weighted by atomic mass is 16.3. The van der Waals surface area contributed by atoms with Crippen LogP contribution in [-0.2, 0) is 0 Å². The van der Waals surface area contributed by atoms with E-state index in [1.165, 1.54) is 0 Å². The van der Waals surface area contributed by atoms with E-state index in [0.717, 1.165) is 11.3 Å². The summed E-state index contributed by atoms with van der Waals surface area (Å²) in [6.07, 6.45) is 0. The molecule has 5 nitrogen and oxygen atoms in total. The molecule has 2 aromatic heterocycles. The topological polar surface area (TPSA) is 74.1 Å². The molecule has 0 atom stereocenters. The normalized spacial score (nSPS) is 11.1. The number of nitrogens with two attached hydrogens (primary N) is 1. The van der Waals surface area contributed by atoms with E-state index in [9.17, 15) is 4.79 Å². The zero-order valence-electron chi connectivity index (χ0n) is 14.0. The van der Waals surface area contributed by atoms with Crippen molar-refractivity contribution in [2.45, 2.75) is 13.8 Å². The number of aromatic nitrogens is 2. The Hall–Kier alpha value is -3.34. The number of hydrogen-bond acceptors (Lipinski definition) is 4. The monoisotopic (exact) mass is 331 g/mol. The summed E-state index contributed by atoms with van der Waals surface area (Å²) >= 11 is 0. The van der Waals surface area contributed by atoms with Crippen LogP contribution >= 0.6 is 0 Å². The van der Waals surface area contributed by atoms with E-state index in [2.05, 4.69) is 5.10 Å². The van der Waals surface area contributed by atoms with Crippen molar-refractivity contribution in [1.29, 1.82) is 0 Å². The minimum absolute atomic E-state index is 0.0717. The highest BCUT2D eigenvalue weighted by molar-refractivity contribution is 5.84. The van der Waals surface area contributed by atoms with Gasteiger partial charge < -0.3 is 10.2 Å². The van der Waals surface area contributed by atoms with Crippen LogP contribution in [0.15, 0.2) is 63.8 Å². The molecule has 0 bridgehead atoms. The van der Waals surface area contributed by atoms with Crippen LogP contribution in [0.4, 0.5) is 5.69 Å². The van der Waals surface area contributed by atoms with Gasteiger partial charge in [-0.3, -0.25) is 4.79 Å². The van der Waals surface area contributed by atoms with E-state index >= 15 is 0 Å². The zero-order valence-corrected chi connectivity index (χ0v) is 14.0. The lowest BCUT2D eigenvalue weighted by atomic mass is 10.0. The third-order valence-corrected chi connectivity index (χ3v) is 4.25. The van der Waals surface area contributed by atoms with Gasteiger partial charge in [0.1, 0.15) is 11.1 Å². The fourth-order valence-corrected chi connectivity index (χ4v) is 3.11. The molecule has 0 saturated heterocycles. The lowest BCUT2D eigenvalue weighted by Gasteiger charge is -2.07. The summed E-state index contributed by atoms with van der Waals surface area (Å²) < 4.78 is 7.66. The number of fused-ring (bicyclic) bond motifs is 1. The van der Waals surface area contributed by atoms with Crippen molar-refractivity contribution in [1.82, 2.24) is 9.78 Å². The number of hydrogen-bond donors (Lipinski definition) is 1. The van der Waals surface area contributed by atoms with Crippen LogP contribution in [0, 0.1) is 13.8 Å². The molecule has 2 aromatic carbocycles. The van der Waals surface area contributed by atoms with Crippen molar-refractivity contribution >= 4 is 16.8 Å². The summed E-state index contributed by atoms with van der Waals surface area (Å²) in [7, 11) is 0. The van der Waals surface area contributed by atoms with Gasteiger partial charge >= 0.3 is 0 Å². The molecule has 0 spiro atoms. The maximum atomic E-state index is 13.1. The summed E-state index contributed by atoms with van der Waals surface area (Å²) in [6.45, 7) is 3.61. The second kappa shape index (κ2) is 5.63. The predicted octanol–water partition coefficient (Wildman–Crippen LogP) is 3.84. The van der Waals surface area contributed by atoms with E-state index in [1.54, 1.807) is 23.7 Å². The van der Waals surface area contributed by atoms with Crippen molar-refractivity contribution in [3.05, 3.63) is 76.3 Å². The summed E-state index contributed by atoms with van der Waals surface area (Å²) in [5.41, 5.74) is 9.66. The Balaban J connectivity index is 2.05. The molecule has 0 saturated carbocycles. The van der Waals surface area contributed by atoms with Crippen LogP contribution in [-0.4, -0.2) is 9.78 Å². The van der Waals surface area contributed by atoms with Crippen molar-refractivity contribution in [3.8, 4) is 16.8 Å². The van der Waals surface area contributed by atoms with Crippen molar-refractivity contribution in [3.63, 3.8) is 0 Å². The minimum atomic E-state index is -0.0717. The van der Waals surface area contributed by atoms with Gasteiger partial charge in [-0.05, 0) is 37.6 Å². The molecule has 0 unspecified atom stereocenters. The molecule has 4 rings (SSSR count). The van der Waals surface area contributed by atoms with E-state index in [-0.39, 0.29) is 5.43 Å². The maximum Gasteiger partial charge on any atom is 0.233 e. The van der Waals surface area contributed by atoms with Crippen LogP contribution in [0.5, 0.6) is 0 Å². The van der Waals surface area contributed by atoms with Gasteiger partial charge in [-0.1, -0.05) is 36.4 Å². The van der Waals surface area contributed by atoms with Gasteiger partial charge in [0, 0.05) is 5.69 Å². The summed E-state index contributed by atoms with van der Waals surface area (Å²) in [4.78, 5) is 13.1. The molecule has 0 aliphatic rings. The number of anilines is 1. The molecule has 0 amide bonds. The number of nitrogens with zero attached hydrogens (tertiary/aromatic N) is 2.